The maximum Gasteiger partial charge on any atom is 0.315 e. The molecule has 6 rings (SSSR count). The van der Waals surface area contributed by atoms with E-state index in [1.807, 2.05) is 12.1 Å². The van der Waals surface area contributed by atoms with E-state index in [0.717, 1.165) is 14.5 Å². The van der Waals surface area contributed by atoms with Crippen LogP contribution in [0.2, 0.25) is 0 Å². The van der Waals surface area contributed by atoms with E-state index in [1.54, 1.807) is 42.5 Å². The predicted molar refractivity (Wildman–Crippen MR) is 162 cm³/mol. The third-order valence-electron chi connectivity index (χ3n) is 6.58. The molecular formula is C31H20BrFN4O6. The molecule has 0 amide bonds. The summed E-state index contributed by atoms with van der Waals surface area (Å²) in [5, 5.41) is 17.5. The van der Waals surface area contributed by atoms with Gasteiger partial charge in [-0.05, 0) is 48.5 Å². The number of nitrogens with zero attached hydrogens (tertiary/aromatic N) is 4. The molecule has 0 fully saturated rings. The summed E-state index contributed by atoms with van der Waals surface area (Å²) in [5.74, 6) is -0.215. The number of fused-ring (bicyclic) bond motifs is 2. The molecule has 0 atom stereocenters. The van der Waals surface area contributed by atoms with Gasteiger partial charge in [-0.15, -0.1) is 0 Å². The summed E-state index contributed by atoms with van der Waals surface area (Å²) in [7, 11) is 1.33. The fraction of sp³-hybridized carbons (Fsp3) is 0.0645. The van der Waals surface area contributed by atoms with Gasteiger partial charge in [0.05, 0.1) is 29.2 Å². The van der Waals surface area contributed by atoms with Crippen molar-refractivity contribution in [1.29, 1.82) is 0 Å². The van der Waals surface area contributed by atoms with Crippen molar-refractivity contribution in [2.75, 3.05) is 7.11 Å². The molecule has 43 heavy (non-hydrogen) atoms. The number of halogens is 2. The number of furan rings is 1. The van der Waals surface area contributed by atoms with Crippen molar-refractivity contribution in [3.05, 3.63) is 127 Å². The van der Waals surface area contributed by atoms with E-state index in [-0.39, 0.29) is 35.1 Å². The van der Waals surface area contributed by atoms with Crippen LogP contribution in [0.15, 0.2) is 104 Å². The minimum Gasteiger partial charge on any atom is -0.493 e. The number of benzene rings is 4. The summed E-state index contributed by atoms with van der Waals surface area (Å²) < 4.78 is 33.1. The highest BCUT2D eigenvalue weighted by molar-refractivity contribution is 9.10. The quantitative estimate of drug-likeness (QED) is 0.0986. The van der Waals surface area contributed by atoms with Crippen LogP contribution >= 0.6 is 15.9 Å². The first-order valence-corrected chi connectivity index (χ1v) is 13.6. The Hall–Kier alpha value is -5.36. The first-order valence-electron chi connectivity index (χ1n) is 12.8. The van der Waals surface area contributed by atoms with Crippen LogP contribution in [0.25, 0.3) is 33.5 Å². The Morgan fingerprint density at radius 1 is 1.09 bits per heavy atom. The van der Waals surface area contributed by atoms with Crippen LogP contribution in [0, 0.1) is 15.9 Å². The molecule has 2 heterocycles. The van der Waals surface area contributed by atoms with E-state index in [9.17, 15) is 19.3 Å². The summed E-state index contributed by atoms with van der Waals surface area (Å²) in [6, 6.07) is 22.7. The fourth-order valence-electron chi connectivity index (χ4n) is 4.52. The van der Waals surface area contributed by atoms with Crippen LogP contribution in [-0.4, -0.2) is 27.9 Å². The Kier molecular flexibility index (Phi) is 7.43. The highest BCUT2D eigenvalue weighted by atomic mass is 79.9. The maximum absolute atomic E-state index is 14.1. The number of para-hydroxylation sites is 1. The zero-order chi connectivity index (χ0) is 30.1. The second-order valence-electron chi connectivity index (χ2n) is 9.32. The summed E-state index contributed by atoms with van der Waals surface area (Å²) in [4.78, 5) is 29.6. The van der Waals surface area contributed by atoms with Crippen molar-refractivity contribution in [1.82, 2.24) is 9.66 Å². The van der Waals surface area contributed by atoms with Gasteiger partial charge in [-0.3, -0.25) is 14.9 Å². The Labute approximate surface area is 250 Å². The van der Waals surface area contributed by atoms with Gasteiger partial charge in [0.25, 0.3) is 5.56 Å². The van der Waals surface area contributed by atoms with Crippen molar-refractivity contribution < 1.29 is 23.2 Å². The predicted octanol–water partition coefficient (Wildman–Crippen LogP) is 7.09. The van der Waals surface area contributed by atoms with Crippen LogP contribution in [0.3, 0.4) is 0 Å². The number of ether oxygens (including phenoxy) is 2. The molecule has 0 bridgehead atoms. The molecule has 0 saturated heterocycles. The fourth-order valence-corrected chi connectivity index (χ4v) is 4.90. The molecule has 4 aromatic carbocycles. The molecule has 10 nitrogen and oxygen atoms in total. The molecule has 12 heteroatoms. The van der Waals surface area contributed by atoms with Crippen molar-refractivity contribution in [2.45, 2.75) is 6.61 Å². The monoisotopic (exact) mass is 642 g/mol. The Morgan fingerprint density at radius 2 is 1.88 bits per heavy atom. The van der Waals surface area contributed by atoms with E-state index in [0.29, 0.717) is 22.2 Å². The topological polar surface area (TPSA) is 122 Å². The van der Waals surface area contributed by atoms with Crippen LogP contribution in [0.5, 0.6) is 11.5 Å². The maximum atomic E-state index is 14.1. The molecule has 0 aliphatic carbocycles. The van der Waals surface area contributed by atoms with Gasteiger partial charge in [-0.25, -0.2) is 9.37 Å². The first-order chi connectivity index (χ1) is 20.8. The minimum absolute atomic E-state index is 0.0269. The van der Waals surface area contributed by atoms with Gasteiger partial charge >= 0.3 is 5.69 Å². The van der Waals surface area contributed by atoms with Crippen molar-refractivity contribution in [3.8, 4) is 23.1 Å². The Bertz CT molecular complexity index is 2120. The lowest BCUT2D eigenvalue weighted by atomic mass is 10.1. The largest absolute Gasteiger partial charge is 0.493 e. The van der Waals surface area contributed by atoms with Crippen LogP contribution < -0.4 is 15.0 Å². The average Bonchev–Trinajstić information content (AvgIpc) is 3.43. The van der Waals surface area contributed by atoms with Crippen molar-refractivity contribution in [3.63, 3.8) is 0 Å². The Morgan fingerprint density at radius 3 is 2.67 bits per heavy atom. The minimum atomic E-state index is -0.641. The van der Waals surface area contributed by atoms with Gasteiger partial charge in [-0.2, -0.15) is 9.78 Å². The number of methoxy groups -OCH3 is 1. The molecule has 0 unspecified atom stereocenters. The molecule has 0 aliphatic heterocycles. The first kappa shape index (κ1) is 27.8. The van der Waals surface area contributed by atoms with Gasteiger partial charge in [0, 0.05) is 27.1 Å². The lowest BCUT2D eigenvalue weighted by molar-refractivity contribution is -0.386. The number of hydrogen-bond donors (Lipinski definition) is 0. The van der Waals surface area contributed by atoms with E-state index in [4.69, 9.17) is 13.9 Å². The van der Waals surface area contributed by atoms with Crippen LogP contribution in [-0.2, 0) is 6.61 Å². The molecule has 2 aromatic heterocycles. The summed E-state index contributed by atoms with van der Waals surface area (Å²) in [6.07, 6.45) is 1.27. The number of nitro groups is 1. The SMILES string of the molecule is COc1cc(C=Nn2c(-c3cc4cc(Br)ccc4o3)nc3ccccc3c2=O)cc([N+](=O)[O-])c1OCc1ccccc1F. The Balaban J connectivity index is 1.44. The number of nitro benzene ring substituents is 1. The number of aromatic nitrogens is 2. The van der Waals surface area contributed by atoms with Crippen LogP contribution in [0.4, 0.5) is 10.1 Å². The zero-order valence-electron chi connectivity index (χ0n) is 22.4. The molecule has 0 saturated carbocycles. The second kappa shape index (κ2) is 11.5. The smallest absolute Gasteiger partial charge is 0.315 e. The van der Waals surface area contributed by atoms with Crippen LogP contribution in [0.1, 0.15) is 11.1 Å². The standard InChI is InChI=1S/C31H20BrFN4O6/c1-41-27-13-18(12-25(37(39)40)29(27)42-17-19-6-2-4-8-23(19)33)16-34-36-30(35-24-9-5-3-7-22(24)31(36)38)28-15-20-14-21(32)10-11-26(20)43-28/h2-16H,17H2,1H3. The highest BCUT2D eigenvalue weighted by Crippen LogP contribution is 2.39. The lowest BCUT2D eigenvalue weighted by Crippen LogP contribution is -2.20. The van der Waals surface area contributed by atoms with E-state index in [1.165, 1.54) is 43.7 Å². The molecule has 0 aliphatic rings. The summed E-state index contributed by atoms with van der Waals surface area (Å²) >= 11 is 3.44. The van der Waals surface area contributed by atoms with Gasteiger partial charge in [-0.1, -0.05) is 46.3 Å². The third kappa shape index (κ3) is 5.47. The molecule has 0 N–H and O–H groups in total. The lowest BCUT2D eigenvalue weighted by Gasteiger charge is -2.12. The van der Waals surface area contributed by atoms with Crippen molar-refractivity contribution >= 4 is 49.7 Å². The van der Waals surface area contributed by atoms with Crippen molar-refractivity contribution in [2.24, 2.45) is 5.10 Å². The van der Waals surface area contributed by atoms with Gasteiger partial charge in [0.2, 0.25) is 11.6 Å². The number of hydrogen-bond acceptors (Lipinski definition) is 8. The molecule has 214 valence electrons. The van der Waals surface area contributed by atoms with E-state index < -0.39 is 22.0 Å². The van der Waals surface area contributed by atoms with Gasteiger partial charge in [0.1, 0.15) is 18.0 Å². The zero-order valence-corrected chi connectivity index (χ0v) is 23.9. The van der Waals surface area contributed by atoms with E-state index in [2.05, 4.69) is 26.0 Å². The van der Waals surface area contributed by atoms with E-state index >= 15 is 0 Å². The van der Waals surface area contributed by atoms with Gasteiger partial charge in [0.15, 0.2) is 11.5 Å². The normalized spacial score (nSPS) is 11.4. The molecule has 0 radical (unpaired) electrons. The third-order valence-corrected chi connectivity index (χ3v) is 7.07. The van der Waals surface area contributed by atoms with Gasteiger partial charge < -0.3 is 13.9 Å². The molecule has 6 aromatic rings. The molecule has 0 spiro atoms. The average molecular weight is 643 g/mol. The summed E-state index contributed by atoms with van der Waals surface area (Å²) in [6.45, 7) is -0.257. The second-order valence-corrected chi connectivity index (χ2v) is 10.2. The number of rotatable bonds is 8. The summed E-state index contributed by atoms with van der Waals surface area (Å²) in [5.41, 5.74) is 0.597. The molecular weight excluding hydrogens is 623 g/mol. The highest BCUT2D eigenvalue weighted by Gasteiger charge is 2.23.